The van der Waals surface area contributed by atoms with Crippen LogP contribution in [-0.4, -0.2) is 9.55 Å². The number of benzene rings is 1. The summed E-state index contributed by atoms with van der Waals surface area (Å²) < 4.78 is 2.04. The Kier molecular flexibility index (Phi) is 3.37. The predicted octanol–water partition coefficient (Wildman–Crippen LogP) is 2.05. The van der Waals surface area contributed by atoms with E-state index in [9.17, 15) is 0 Å². The number of rotatable bonds is 4. The molecule has 0 radical (unpaired) electrons. The van der Waals surface area contributed by atoms with Gasteiger partial charge in [0.05, 0.1) is 0 Å². The highest BCUT2D eigenvalue weighted by molar-refractivity contribution is 5.18. The molecule has 1 unspecified atom stereocenters. The first-order valence-corrected chi connectivity index (χ1v) is 5.54. The minimum atomic E-state index is 0.0953. The first-order chi connectivity index (χ1) is 7.77. The van der Waals surface area contributed by atoms with E-state index in [-0.39, 0.29) is 6.04 Å². The van der Waals surface area contributed by atoms with Crippen LogP contribution in [0.25, 0.3) is 0 Å². The van der Waals surface area contributed by atoms with Crippen molar-refractivity contribution in [3.8, 4) is 0 Å². The molecule has 16 heavy (non-hydrogen) atoms. The van der Waals surface area contributed by atoms with E-state index >= 15 is 0 Å². The maximum Gasteiger partial charge on any atom is 0.108 e. The van der Waals surface area contributed by atoms with Gasteiger partial charge in [0.2, 0.25) is 0 Å². The Hall–Kier alpha value is -1.61. The normalized spacial score (nSPS) is 12.6. The van der Waals surface area contributed by atoms with Crippen molar-refractivity contribution in [2.45, 2.75) is 18.9 Å². The number of nitrogens with two attached hydrogens (primary N) is 1. The van der Waals surface area contributed by atoms with Crippen LogP contribution in [0.2, 0.25) is 0 Å². The Morgan fingerprint density at radius 1 is 1.31 bits per heavy atom. The average Bonchev–Trinajstić information content (AvgIpc) is 2.73. The van der Waals surface area contributed by atoms with Gasteiger partial charge in [0, 0.05) is 31.9 Å². The highest BCUT2D eigenvalue weighted by Crippen LogP contribution is 2.15. The van der Waals surface area contributed by atoms with Gasteiger partial charge in [-0.25, -0.2) is 4.98 Å². The van der Waals surface area contributed by atoms with Gasteiger partial charge in [0.15, 0.2) is 0 Å². The van der Waals surface area contributed by atoms with Gasteiger partial charge in [-0.1, -0.05) is 30.3 Å². The van der Waals surface area contributed by atoms with Gasteiger partial charge in [0.25, 0.3) is 0 Å². The minimum Gasteiger partial charge on any atom is -0.338 e. The number of aromatic nitrogens is 2. The lowest BCUT2D eigenvalue weighted by Gasteiger charge is -2.11. The van der Waals surface area contributed by atoms with Crippen LogP contribution in [0, 0.1) is 0 Å². The van der Waals surface area contributed by atoms with Crippen LogP contribution >= 0.6 is 0 Å². The molecule has 0 aliphatic carbocycles. The van der Waals surface area contributed by atoms with E-state index in [0.29, 0.717) is 0 Å². The van der Waals surface area contributed by atoms with Crippen molar-refractivity contribution in [3.63, 3.8) is 0 Å². The molecule has 84 valence electrons. The lowest BCUT2D eigenvalue weighted by atomic mass is 10.0. The maximum atomic E-state index is 6.12. The van der Waals surface area contributed by atoms with Crippen LogP contribution in [0.1, 0.15) is 23.9 Å². The van der Waals surface area contributed by atoms with Crippen LogP contribution in [0.5, 0.6) is 0 Å². The molecule has 1 aromatic heterocycles. The van der Waals surface area contributed by atoms with Crippen LogP contribution in [0.15, 0.2) is 42.7 Å². The third-order valence-electron chi connectivity index (χ3n) is 2.83. The molecule has 0 spiro atoms. The smallest absolute Gasteiger partial charge is 0.108 e. The quantitative estimate of drug-likeness (QED) is 0.848. The van der Waals surface area contributed by atoms with Crippen LogP contribution < -0.4 is 5.73 Å². The van der Waals surface area contributed by atoms with Crippen LogP contribution in [0.3, 0.4) is 0 Å². The Balaban J connectivity index is 1.94. The standard InChI is InChI=1S/C13H17N3/c1-16-10-9-15-13(16)8-7-12(14)11-5-3-2-4-6-11/h2-6,9-10,12H,7-8,14H2,1H3. The summed E-state index contributed by atoms with van der Waals surface area (Å²) in [6, 6.07) is 10.3. The monoisotopic (exact) mass is 215 g/mol. The van der Waals surface area contributed by atoms with Gasteiger partial charge in [-0.05, 0) is 12.0 Å². The average molecular weight is 215 g/mol. The van der Waals surface area contributed by atoms with Crippen molar-refractivity contribution in [1.82, 2.24) is 9.55 Å². The maximum absolute atomic E-state index is 6.12. The molecule has 1 aromatic carbocycles. The number of imidazole rings is 1. The Morgan fingerprint density at radius 3 is 2.69 bits per heavy atom. The summed E-state index contributed by atoms with van der Waals surface area (Å²) >= 11 is 0. The molecular weight excluding hydrogens is 198 g/mol. The number of hydrogen-bond donors (Lipinski definition) is 1. The molecule has 0 saturated heterocycles. The zero-order valence-corrected chi connectivity index (χ0v) is 9.50. The fourth-order valence-corrected chi connectivity index (χ4v) is 1.79. The summed E-state index contributed by atoms with van der Waals surface area (Å²) in [6.07, 6.45) is 5.63. The molecule has 2 aromatic rings. The van der Waals surface area contributed by atoms with E-state index < -0.39 is 0 Å². The van der Waals surface area contributed by atoms with Crippen LogP contribution in [-0.2, 0) is 13.5 Å². The third-order valence-corrected chi connectivity index (χ3v) is 2.83. The van der Waals surface area contributed by atoms with E-state index in [1.54, 1.807) is 0 Å². The van der Waals surface area contributed by atoms with Crippen molar-refractivity contribution in [3.05, 3.63) is 54.1 Å². The van der Waals surface area contributed by atoms with Gasteiger partial charge in [-0.3, -0.25) is 0 Å². The zero-order valence-electron chi connectivity index (χ0n) is 9.50. The summed E-state index contributed by atoms with van der Waals surface area (Å²) in [5.74, 6) is 1.09. The highest BCUT2D eigenvalue weighted by Gasteiger charge is 2.07. The molecule has 1 atom stereocenters. The van der Waals surface area contributed by atoms with Crippen molar-refractivity contribution in [2.24, 2.45) is 12.8 Å². The first kappa shape index (κ1) is 10.9. The molecule has 0 saturated carbocycles. The van der Waals surface area contributed by atoms with Gasteiger partial charge < -0.3 is 10.3 Å². The zero-order chi connectivity index (χ0) is 11.4. The summed E-state index contributed by atoms with van der Waals surface area (Å²) in [4.78, 5) is 4.29. The Morgan fingerprint density at radius 2 is 2.06 bits per heavy atom. The van der Waals surface area contributed by atoms with Crippen molar-refractivity contribution >= 4 is 0 Å². The second kappa shape index (κ2) is 4.94. The third kappa shape index (κ3) is 2.49. The van der Waals surface area contributed by atoms with E-state index in [4.69, 9.17) is 5.73 Å². The lowest BCUT2D eigenvalue weighted by molar-refractivity contribution is 0.621. The van der Waals surface area contributed by atoms with E-state index in [2.05, 4.69) is 17.1 Å². The SMILES string of the molecule is Cn1ccnc1CCC(N)c1ccccc1. The molecule has 2 N–H and O–H groups in total. The summed E-state index contributed by atoms with van der Waals surface area (Å²) in [6.45, 7) is 0. The first-order valence-electron chi connectivity index (χ1n) is 5.54. The van der Waals surface area contributed by atoms with Gasteiger partial charge in [0.1, 0.15) is 5.82 Å². The fourth-order valence-electron chi connectivity index (χ4n) is 1.79. The molecule has 0 aliphatic heterocycles. The largest absolute Gasteiger partial charge is 0.338 e. The van der Waals surface area contributed by atoms with Crippen molar-refractivity contribution in [2.75, 3.05) is 0 Å². The van der Waals surface area contributed by atoms with Gasteiger partial charge in [-0.2, -0.15) is 0 Å². The number of hydrogen-bond acceptors (Lipinski definition) is 2. The molecular formula is C13H17N3. The molecule has 2 rings (SSSR count). The van der Waals surface area contributed by atoms with Gasteiger partial charge >= 0.3 is 0 Å². The summed E-state index contributed by atoms with van der Waals surface area (Å²) in [7, 11) is 2.01. The second-order valence-corrected chi connectivity index (χ2v) is 4.01. The highest BCUT2D eigenvalue weighted by atomic mass is 15.0. The number of aryl methyl sites for hydroxylation is 2. The Labute approximate surface area is 95.9 Å². The number of nitrogens with zero attached hydrogens (tertiary/aromatic N) is 2. The molecule has 0 aliphatic rings. The Bertz CT molecular complexity index is 433. The molecule has 0 amide bonds. The van der Waals surface area contributed by atoms with Gasteiger partial charge in [-0.15, -0.1) is 0 Å². The summed E-state index contributed by atoms with van der Waals surface area (Å²) in [5.41, 5.74) is 7.32. The van der Waals surface area contributed by atoms with E-state index in [0.717, 1.165) is 18.7 Å². The molecule has 0 bridgehead atoms. The van der Waals surface area contributed by atoms with E-state index in [1.165, 1.54) is 5.56 Å². The second-order valence-electron chi connectivity index (χ2n) is 4.01. The fraction of sp³-hybridized carbons (Fsp3) is 0.308. The molecule has 0 fully saturated rings. The lowest BCUT2D eigenvalue weighted by Crippen LogP contribution is -2.12. The van der Waals surface area contributed by atoms with Crippen molar-refractivity contribution in [1.29, 1.82) is 0 Å². The summed E-state index contributed by atoms with van der Waals surface area (Å²) in [5, 5.41) is 0. The molecule has 3 heteroatoms. The molecule has 3 nitrogen and oxygen atoms in total. The predicted molar refractivity (Wildman–Crippen MR) is 64.9 cm³/mol. The van der Waals surface area contributed by atoms with Crippen LogP contribution in [0.4, 0.5) is 0 Å². The topological polar surface area (TPSA) is 43.8 Å². The van der Waals surface area contributed by atoms with Crippen molar-refractivity contribution < 1.29 is 0 Å². The molecule has 1 heterocycles. The van der Waals surface area contributed by atoms with E-state index in [1.807, 2.05) is 42.2 Å². The minimum absolute atomic E-state index is 0.0953.